The minimum Gasteiger partial charge on any atom is -0.368 e. The second kappa shape index (κ2) is 8.44. The van der Waals surface area contributed by atoms with E-state index >= 15 is 0 Å². The molecule has 0 fully saturated rings. The number of carbonyl (C=O) groups excluding carboxylic acids is 1. The van der Waals surface area contributed by atoms with E-state index in [9.17, 15) is 4.79 Å². The van der Waals surface area contributed by atoms with Gasteiger partial charge in [-0.1, -0.05) is 24.6 Å². The third-order valence-corrected chi connectivity index (χ3v) is 4.84. The van der Waals surface area contributed by atoms with E-state index in [1.807, 2.05) is 32.5 Å². The smallest absolute Gasteiger partial charge is 0.237 e. The average molecular weight is 308 g/mol. The van der Waals surface area contributed by atoms with Gasteiger partial charge in [0.25, 0.3) is 0 Å². The quantitative estimate of drug-likeness (QED) is 0.542. The Balaban J connectivity index is 2.35. The first-order valence-corrected chi connectivity index (χ1v) is 8.60. The lowest BCUT2D eigenvalue weighted by Crippen LogP contribution is -2.55. The molecule has 118 valence electrons. The van der Waals surface area contributed by atoms with Gasteiger partial charge in [-0.25, -0.2) is 0 Å². The summed E-state index contributed by atoms with van der Waals surface area (Å²) in [5.41, 5.74) is 6.27. The summed E-state index contributed by atoms with van der Waals surface area (Å²) in [7, 11) is 0. The van der Waals surface area contributed by atoms with Crippen molar-refractivity contribution in [3.63, 3.8) is 0 Å². The Morgan fingerprint density at radius 1 is 1.33 bits per heavy atom. The van der Waals surface area contributed by atoms with E-state index in [1.54, 1.807) is 0 Å². The van der Waals surface area contributed by atoms with Crippen LogP contribution in [0.3, 0.4) is 0 Å². The number of carbonyl (C=O) groups is 1. The van der Waals surface area contributed by atoms with Crippen molar-refractivity contribution in [2.24, 2.45) is 5.73 Å². The number of amides is 1. The van der Waals surface area contributed by atoms with Gasteiger partial charge in [-0.15, -0.1) is 11.8 Å². The Labute approximate surface area is 133 Å². The van der Waals surface area contributed by atoms with Crippen molar-refractivity contribution in [3.05, 3.63) is 29.8 Å². The molecule has 1 atom stereocenters. The lowest BCUT2D eigenvalue weighted by atomic mass is 9.93. The third-order valence-electron chi connectivity index (χ3n) is 3.57. The maximum atomic E-state index is 11.6. The van der Waals surface area contributed by atoms with Crippen LogP contribution in [0.2, 0.25) is 0 Å². The second-order valence-corrected chi connectivity index (χ2v) is 7.20. The van der Waals surface area contributed by atoms with Crippen LogP contribution in [0.4, 0.5) is 0 Å². The van der Waals surface area contributed by atoms with Crippen molar-refractivity contribution < 1.29 is 4.79 Å². The van der Waals surface area contributed by atoms with Gasteiger partial charge in [0.1, 0.15) is 0 Å². The lowest BCUT2D eigenvalue weighted by Gasteiger charge is -2.29. The van der Waals surface area contributed by atoms with Crippen LogP contribution >= 0.6 is 11.8 Å². The van der Waals surface area contributed by atoms with Gasteiger partial charge in [0.05, 0.1) is 5.54 Å². The molecule has 0 heterocycles. The summed E-state index contributed by atoms with van der Waals surface area (Å²) < 4.78 is 0. The second-order valence-electron chi connectivity index (χ2n) is 6.07. The normalized spacial score (nSPS) is 14.1. The molecule has 1 amide bonds. The predicted octanol–water partition coefficient (Wildman–Crippen LogP) is 3.50. The number of hydrogen-bond donors (Lipinski definition) is 2. The van der Waals surface area contributed by atoms with Crippen LogP contribution in [0.25, 0.3) is 0 Å². The van der Waals surface area contributed by atoms with E-state index in [0.717, 1.165) is 25.0 Å². The Hall–Kier alpha value is -1.00. The highest BCUT2D eigenvalue weighted by atomic mass is 32.2. The standard InChI is InChI=1S/C17H28N2OS/c1-13(2)19-17(4,16(18)20)11-7-8-12-21-15-10-6-5-9-14(15)3/h5-6,9-10,13,19H,7-8,11-12H2,1-4H3,(H2,18,20). The van der Waals surface area contributed by atoms with E-state index in [4.69, 9.17) is 5.73 Å². The molecule has 0 aliphatic heterocycles. The molecular weight excluding hydrogens is 280 g/mol. The maximum Gasteiger partial charge on any atom is 0.237 e. The zero-order chi connectivity index (χ0) is 15.9. The molecule has 1 unspecified atom stereocenters. The third kappa shape index (κ3) is 6.10. The van der Waals surface area contributed by atoms with Crippen LogP contribution in [0.15, 0.2) is 29.2 Å². The van der Waals surface area contributed by atoms with Gasteiger partial charge < -0.3 is 11.1 Å². The minimum absolute atomic E-state index is 0.254. The molecule has 0 radical (unpaired) electrons. The summed E-state index contributed by atoms with van der Waals surface area (Å²) in [6.45, 7) is 8.12. The number of hydrogen-bond acceptors (Lipinski definition) is 3. The zero-order valence-corrected chi connectivity index (χ0v) is 14.4. The molecule has 0 aromatic heterocycles. The molecule has 3 nitrogen and oxygen atoms in total. The summed E-state index contributed by atoms with van der Waals surface area (Å²) in [5, 5.41) is 3.29. The van der Waals surface area contributed by atoms with Gasteiger partial charge in [0.15, 0.2) is 0 Å². The Morgan fingerprint density at radius 2 is 2.00 bits per heavy atom. The van der Waals surface area contributed by atoms with E-state index in [-0.39, 0.29) is 11.9 Å². The Kier molecular flexibility index (Phi) is 7.26. The molecule has 0 spiro atoms. The molecule has 3 N–H and O–H groups in total. The summed E-state index contributed by atoms with van der Waals surface area (Å²) in [6.07, 6.45) is 2.87. The largest absolute Gasteiger partial charge is 0.368 e. The molecule has 21 heavy (non-hydrogen) atoms. The number of aryl methyl sites for hydroxylation is 1. The number of thioether (sulfide) groups is 1. The van der Waals surface area contributed by atoms with Crippen LogP contribution < -0.4 is 11.1 Å². The van der Waals surface area contributed by atoms with Crippen molar-refractivity contribution in [2.75, 3.05) is 5.75 Å². The predicted molar refractivity (Wildman–Crippen MR) is 91.6 cm³/mol. The monoisotopic (exact) mass is 308 g/mol. The van der Waals surface area contributed by atoms with Gasteiger partial charge in [-0.2, -0.15) is 0 Å². The van der Waals surface area contributed by atoms with Gasteiger partial charge in [0, 0.05) is 10.9 Å². The van der Waals surface area contributed by atoms with Gasteiger partial charge >= 0.3 is 0 Å². The first kappa shape index (κ1) is 18.1. The van der Waals surface area contributed by atoms with Gasteiger partial charge in [-0.3, -0.25) is 4.79 Å². The highest BCUT2D eigenvalue weighted by molar-refractivity contribution is 7.99. The van der Waals surface area contributed by atoms with Crippen molar-refractivity contribution in [3.8, 4) is 0 Å². The summed E-state index contributed by atoms with van der Waals surface area (Å²) >= 11 is 1.88. The molecule has 0 bridgehead atoms. The fourth-order valence-corrected chi connectivity index (χ4v) is 3.42. The molecule has 1 rings (SSSR count). The number of nitrogens with one attached hydrogen (secondary N) is 1. The van der Waals surface area contributed by atoms with Crippen molar-refractivity contribution in [1.29, 1.82) is 0 Å². The highest BCUT2D eigenvalue weighted by Crippen LogP contribution is 2.24. The maximum absolute atomic E-state index is 11.6. The van der Waals surface area contributed by atoms with Crippen LogP contribution in [0, 0.1) is 6.92 Å². The van der Waals surface area contributed by atoms with Gasteiger partial charge in [-0.05, 0) is 57.9 Å². The number of rotatable bonds is 9. The van der Waals surface area contributed by atoms with Crippen LogP contribution in [0.5, 0.6) is 0 Å². The fourth-order valence-electron chi connectivity index (χ4n) is 2.38. The first-order valence-electron chi connectivity index (χ1n) is 7.61. The van der Waals surface area contributed by atoms with Gasteiger partial charge in [0.2, 0.25) is 5.91 Å². The highest BCUT2D eigenvalue weighted by Gasteiger charge is 2.30. The fraction of sp³-hybridized carbons (Fsp3) is 0.588. The SMILES string of the molecule is Cc1ccccc1SCCCCC(C)(NC(C)C)C(N)=O. The number of unbranched alkanes of at least 4 members (excludes halogenated alkanes) is 1. The van der Waals surface area contributed by atoms with Crippen LogP contribution in [-0.4, -0.2) is 23.2 Å². The Morgan fingerprint density at radius 3 is 2.57 bits per heavy atom. The van der Waals surface area contributed by atoms with E-state index in [0.29, 0.717) is 0 Å². The van der Waals surface area contributed by atoms with E-state index in [2.05, 4.69) is 36.5 Å². The molecule has 1 aromatic carbocycles. The average Bonchev–Trinajstić information content (AvgIpc) is 2.39. The topological polar surface area (TPSA) is 55.1 Å². The molecule has 1 aromatic rings. The van der Waals surface area contributed by atoms with Crippen molar-refractivity contribution in [2.45, 2.75) is 63.4 Å². The molecule has 0 saturated heterocycles. The number of benzene rings is 1. The summed E-state index contributed by atoms with van der Waals surface area (Å²) in [6, 6.07) is 8.69. The van der Waals surface area contributed by atoms with Crippen molar-refractivity contribution in [1.82, 2.24) is 5.32 Å². The summed E-state index contributed by atoms with van der Waals surface area (Å²) in [4.78, 5) is 13.0. The van der Waals surface area contributed by atoms with Crippen LogP contribution in [0.1, 0.15) is 45.6 Å². The van der Waals surface area contributed by atoms with E-state index in [1.165, 1.54) is 10.5 Å². The van der Waals surface area contributed by atoms with E-state index < -0.39 is 5.54 Å². The minimum atomic E-state index is -0.596. The summed E-state index contributed by atoms with van der Waals surface area (Å²) in [5.74, 6) is 0.809. The Bertz CT molecular complexity index is 462. The van der Waals surface area contributed by atoms with Crippen LogP contribution in [-0.2, 0) is 4.79 Å². The molecule has 4 heteroatoms. The molecule has 0 aliphatic rings. The van der Waals surface area contributed by atoms with Crippen molar-refractivity contribution >= 4 is 17.7 Å². The number of primary amides is 1. The molecule has 0 saturated carbocycles. The molecular formula is C17H28N2OS. The molecule has 0 aliphatic carbocycles. The lowest BCUT2D eigenvalue weighted by molar-refractivity contribution is -0.124. The number of nitrogens with two attached hydrogens (primary N) is 1. The first-order chi connectivity index (χ1) is 9.85. The zero-order valence-electron chi connectivity index (χ0n) is 13.6.